The molecule has 0 radical (unpaired) electrons. The Morgan fingerprint density at radius 3 is 2.35 bits per heavy atom. The maximum atomic E-state index is 12.4. The predicted octanol–water partition coefficient (Wildman–Crippen LogP) is 3.77. The fourth-order valence-corrected chi connectivity index (χ4v) is 4.26. The van der Waals surface area contributed by atoms with E-state index in [-0.39, 0.29) is 17.2 Å². The Kier molecular flexibility index (Phi) is 6.69. The van der Waals surface area contributed by atoms with Crippen molar-refractivity contribution in [2.75, 3.05) is 10.6 Å². The molecule has 0 aliphatic rings. The van der Waals surface area contributed by atoms with Gasteiger partial charge in [0, 0.05) is 29.8 Å². The van der Waals surface area contributed by atoms with Crippen LogP contribution in [0.2, 0.25) is 0 Å². The van der Waals surface area contributed by atoms with Gasteiger partial charge in [-0.1, -0.05) is 12.1 Å². The number of benzene rings is 2. The number of amides is 1. The molecule has 0 saturated carbocycles. The average molecular weight is 477 g/mol. The summed E-state index contributed by atoms with van der Waals surface area (Å²) < 4.78 is 26.2. The number of hydrogen-bond donors (Lipinski definition) is 2. The summed E-state index contributed by atoms with van der Waals surface area (Å²) in [5.41, 5.74) is 2.18. The lowest BCUT2D eigenvalue weighted by Crippen LogP contribution is -2.15. The summed E-state index contributed by atoms with van der Waals surface area (Å²) in [4.78, 5) is 25.2. The molecule has 4 rings (SSSR count). The number of anilines is 3. The first-order valence-electron chi connectivity index (χ1n) is 10.6. The second-order valence-electron chi connectivity index (χ2n) is 7.90. The molecule has 34 heavy (non-hydrogen) atoms. The first-order chi connectivity index (χ1) is 16.3. The van der Waals surface area contributed by atoms with Gasteiger partial charge in [-0.25, -0.2) is 23.4 Å². The molecule has 2 aromatic carbocycles. The highest BCUT2D eigenvalue weighted by Gasteiger charge is 2.18. The Bertz CT molecular complexity index is 1370. The minimum atomic E-state index is -3.33. The summed E-state index contributed by atoms with van der Waals surface area (Å²) in [6.07, 6.45) is 6.74. The fourth-order valence-electron chi connectivity index (χ4n) is 3.20. The van der Waals surface area contributed by atoms with Crippen molar-refractivity contribution in [3.8, 4) is 5.82 Å². The highest BCUT2D eigenvalue weighted by Crippen LogP contribution is 2.20. The Hall–Kier alpha value is -4.05. The van der Waals surface area contributed by atoms with Crippen LogP contribution in [0.3, 0.4) is 0 Å². The van der Waals surface area contributed by atoms with Crippen molar-refractivity contribution in [1.29, 1.82) is 0 Å². The van der Waals surface area contributed by atoms with Crippen molar-refractivity contribution in [1.82, 2.24) is 19.5 Å². The lowest BCUT2D eigenvalue weighted by atomic mass is 10.1. The maximum Gasteiger partial charge on any atom is 0.228 e. The molecule has 2 aromatic heterocycles. The van der Waals surface area contributed by atoms with Gasteiger partial charge in [-0.3, -0.25) is 9.36 Å². The number of nitrogens with one attached hydrogen (secondary N) is 2. The van der Waals surface area contributed by atoms with Crippen LogP contribution < -0.4 is 10.6 Å². The molecule has 174 valence electrons. The summed E-state index contributed by atoms with van der Waals surface area (Å²) in [6, 6.07) is 15.5. The second-order valence-corrected chi connectivity index (χ2v) is 10.4. The minimum absolute atomic E-state index is 0.139. The van der Waals surface area contributed by atoms with Crippen molar-refractivity contribution < 1.29 is 13.2 Å². The van der Waals surface area contributed by atoms with Crippen molar-refractivity contribution >= 4 is 32.9 Å². The Morgan fingerprint density at radius 2 is 1.71 bits per heavy atom. The topological polar surface area (TPSA) is 119 Å². The molecule has 1 amide bonds. The summed E-state index contributed by atoms with van der Waals surface area (Å²) in [5, 5.41) is 5.56. The van der Waals surface area contributed by atoms with Gasteiger partial charge in [0.05, 0.1) is 16.6 Å². The van der Waals surface area contributed by atoms with Crippen molar-refractivity contribution in [3.05, 3.63) is 85.2 Å². The van der Waals surface area contributed by atoms with Crippen LogP contribution in [0.15, 0.2) is 84.5 Å². The van der Waals surface area contributed by atoms with Gasteiger partial charge in [-0.15, -0.1) is 0 Å². The van der Waals surface area contributed by atoms with E-state index in [1.807, 2.05) is 12.1 Å². The number of carbonyl (C=O) groups excluding carboxylic acids is 1. The zero-order chi connectivity index (χ0) is 24.1. The van der Waals surface area contributed by atoms with Crippen LogP contribution in [-0.4, -0.2) is 39.1 Å². The smallest absolute Gasteiger partial charge is 0.228 e. The largest absolute Gasteiger partial charge is 0.340 e. The van der Waals surface area contributed by atoms with E-state index >= 15 is 0 Å². The van der Waals surface area contributed by atoms with E-state index in [4.69, 9.17) is 0 Å². The Morgan fingerprint density at radius 1 is 1.00 bits per heavy atom. The molecule has 0 aliphatic carbocycles. The monoisotopic (exact) mass is 476 g/mol. The molecule has 0 unspecified atom stereocenters. The summed E-state index contributed by atoms with van der Waals surface area (Å²) in [7, 11) is -3.33. The molecular weight excluding hydrogens is 452 g/mol. The molecule has 9 nitrogen and oxygen atoms in total. The van der Waals surface area contributed by atoms with Gasteiger partial charge in [0.1, 0.15) is 24.3 Å². The van der Waals surface area contributed by atoms with Crippen molar-refractivity contribution in [2.24, 2.45) is 0 Å². The summed E-state index contributed by atoms with van der Waals surface area (Å²) in [5.74, 6) is 1.12. The van der Waals surface area contributed by atoms with Crippen LogP contribution in [0, 0.1) is 0 Å². The van der Waals surface area contributed by atoms with Gasteiger partial charge in [0.25, 0.3) is 0 Å². The van der Waals surface area contributed by atoms with Gasteiger partial charge in [-0.2, -0.15) is 0 Å². The quantitative estimate of drug-likeness (QED) is 0.397. The lowest BCUT2D eigenvalue weighted by Gasteiger charge is -2.10. The van der Waals surface area contributed by atoms with Crippen LogP contribution in [-0.2, 0) is 21.1 Å². The van der Waals surface area contributed by atoms with Crippen LogP contribution in [0.25, 0.3) is 5.82 Å². The van der Waals surface area contributed by atoms with E-state index in [1.165, 1.54) is 6.33 Å². The number of nitrogens with zero attached hydrogens (tertiary/aromatic N) is 4. The van der Waals surface area contributed by atoms with E-state index in [2.05, 4.69) is 25.6 Å². The number of imidazole rings is 1. The van der Waals surface area contributed by atoms with Gasteiger partial charge < -0.3 is 10.6 Å². The molecule has 0 spiro atoms. The minimum Gasteiger partial charge on any atom is -0.340 e. The normalized spacial score (nSPS) is 11.4. The SMILES string of the molecule is CC(C)S(=O)(=O)c1ccc(CC(=O)Nc2ccc(Nc3cc(-n4ccnc4)ncn3)cc2)cc1. The highest BCUT2D eigenvalue weighted by molar-refractivity contribution is 7.92. The fraction of sp³-hybridized carbons (Fsp3) is 0.167. The predicted molar refractivity (Wildman–Crippen MR) is 130 cm³/mol. The molecular formula is C24H24N6O3S. The molecule has 2 heterocycles. The molecule has 4 aromatic rings. The molecule has 2 N–H and O–H groups in total. The molecule has 0 saturated heterocycles. The lowest BCUT2D eigenvalue weighted by molar-refractivity contribution is -0.115. The number of hydrogen-bond acceptors (Lipinski definition) is 7. The number of sulfone groups is 1. The first kappa shape index (κ1) is 23.1. The average Bonchev–Trinajstić information content (AvgIpc) is 3.36. The maximum absolute atomic E-state index is 12.4. The third-order valence-corrected chi connectivity index (χ3v) is 7.27. The Labute approximate surface area is 197 Å². The molecule has 10 heteroatoms. The van der Waals surface area contributed by atoms with Gasteiger partial charge in [0.15, 0.2) is 9.84 Å². The van der Waals surface area contributed by atoms with Gasteiger partial charge >= 0.3 is 0 Å². The molecule has 0 atom stereocenters. The van der Waals surface area contributed by atoms with Crippen LogP contribution in [0.5, 0.6) is 0 Å². The van der Waals surface area contributed by atoms with Gasteiger partial charge in [0.2, 0.25) is 5.91 Å². The zero-order valence-corrected chi connectivity index (χ0v) is 19.5. The molecule has 0 aliphatic heterocycles. The van der Waals surface area contributed by atoms with E-state index in [9.17, 15) is 13.2 Å². The van der Waals surface area contributed by atoms with Crippen molar-refractivity contribution in [3.63, 3.8) is 0 Å². The molecule has 0 fully saturated rings. The Balaban J connectivity index is 1.35. The third kappa shape index (κ3) is 5.46. The second kappa shape index (κ2) is 9.84. The number of aromatic nitrogens is 4. The summed E-state index contributed by atoms with van der Waals surface area (Å²) in [6.45, 7) is 3.29. The summed E-state index contributed by atoms with van der Waals surface area (Å²) >= 11 is 0. The van der Waals surface area contributed by atoms with E-state index in [1.54, 1.807) is 79.6 Å². The van der Waals surface area contributed by atoms with Crippen LogP contribution >= 0.6 is 0 Å². The standard InChI is InChI=1S/C24H24N6O3S/c1-17(2)34(32,33)21-9-3-18(4-10-21)13-24(31)29-20-7-5-19(6-8-20)28-22-14-23(27-15-26-22)30-12-11-25-16-30/h3-12,14-17H,13H2,1-2H3,(H,29,31)(H,26,27,28). The van der Waals surface area contributed by atoms with E-state index in [0.717, 1.165) is 11.3 Å². The molecule has 0 bridgehead atoms. The number of carbonyl (C=O) groups is 1. The first-order valence-corrected chi connectivity index (χ1v) is 12.2. The zero-order valence-electron chi connectivity index (χ0n) is 18.7. The van der Waals surface area contributed by atoms with Crippen LogP contribution in [0.1, 0.15) is 19.4 Å². The van der Waals surface area contributed by atoms with E-state index in [0.29, 0.717) is 17.3 Å². The third-order valence-electron chi connectivity index (χ3n) is 5.10. The van der Waals surface area contributed by atoms with Crippen LogP contribution in [0.4, 0.5) is 17.2 Å². The number of rotatable bonds is 8. The van der Waals surface area contributed by atoms with E-state index < -0.39 is 15.1 Å². The highest BCUT2D eigenvalue weighted by atomic mass is 32.2. The van der Waals surface area contributed by atoms with Gasteiger partial charge in [-0.05, 0) is 55.8 Å². The van der Waals surface area contributed by atoms with Crippen molar-refractivity contribution in [2.45, 2.75) is 30.4 Å².